The van der Waals surface area contributed by atoms with Gasteiger partial charge in [-0.3, -0.25) is 4.79 Å². The average molecular weight is 634 g/mol. The smallest absolute Gasteiger partial charge is 0.435 e. The molecule has 1 aliphatic heterocycles. The molecule has 1 amide bonds. The highest BCUT2D eigenvalue weighted by molar-refractivity contribution is 6.09. The van der Waals surface area contributed by atoms with Crippen LogP contribution in [0.4, 0.5) is 16.3 Å². The van der Waals surface area contributed by atoms with Gasteiger partial charge in [-0.15, -0.1) is 5.10 Å². The Kier molecular flexibility index (Phi) is 9.12. The Morgan fingerprint density at radius 3 is 2.23 bits per heavy atom. The standard InChI is InChI=1S/C37H39N5O5/c1-37(2,3)47-36(44)42-33-24-31(46-30-12-8-11-29(23-30)45-25-26-9-6-5-7-10-26)17-18-32(33)34(39-42)38-35(43)27-13-15-28(16-14-27)41-21-19-40(4)20-22-41/h5-18,23-24H,19-22,25H2,1-4H3,(H,38,39,43). The fraction of sp³-hybridized carbons (Fsp3) is 0.270. The molecule has 1 aromatic heterocycles. The van der Waals surface area contributed by atoms with Crippen molar-refractivity contribution >= 4 is 34.4 Å². The van der Waals surface area contributed by atoms with Crippen molar-refractivity contribution in [3.05, 3.63) is 108 Å². The number of nitrogens with one attached hydrogen (secondary N) is 1. The molecule has 0 atom stereocenters. The van der Waals surface area contributed by atoms with Crippen LogP contribution in [0.3, 0.4) is 0 Å². The predicted octanol–water partition coefficient (Wildman–Crippen LogP) is 7.19. The number of fused-ring (bicyclic) bond motifs is 1. The summed E-state index contributed by atoms with van der Waals surface area (Å²) >= 11 is 0. The summed E-state index contributed by atoms with van der Waals surface area (Å²) in [4.78, 5) is 31.2. The van der Waals surface area contributed by atoms with Gasteiger partial charge in [0.15, 0.2) is 5.82 Å². The fourth-order valence-corrected chi connectivity index (χ4v) is 5.27. The summed E-state index contributed by atoms with van der Waals surface area (Å²) in [6, 6.07) is 30.0. The minimum Gasteiger partial charge on any atom is -0.489 e. The Bertz CT molecular complexity index is 1860. The van der Waals surface area contributed by atoms with E-state index in [1.807, 2.05) is 60.7 Å². The van der Waals surface area contributed by atoms with Crippen molar-refractivity contribution in [2.45, 2.75) is 33.0 Å². The van der Waals surface area contributed by atoms with Crippen LogP contribution in [0.15, 0.2) is 97.1 Å². The number of nitrogens with zero attached hydrogens (tertiary/aromatic N) is 4. The van der Waals surface area contributed by atoms with Crippen LogP contribution in [0.2, 0.25) is 0 Å². The summed E-state index contributed by atoms with van der Waals surface area (Å²) in [7, 11) is 2.12. The van der Waals surface area contributed by atoms with Gasteiger partial charge in [-0.25, -0.2) is 4.79 Å². The van der Waals surface area contributed by atoms with Crippen molar-refractivity contribution < 1.29 is 23.8 Å². The minimum absolute atomic E-state index is 0.238. The Morgan fingerprint density at radius 2 is 1.51 bits per heavy atom. The van der Waals surface area contributed by atoms with E-state index in [2.05, 4.69) is 27.3 Å². The predicted molar refractivity (Wildman–Crippen MR) is 183 cm³/mol. The van der Waals surface area contributed by atoms with Gasteiger partial charge in [0, 0.05) is 54.9 Å². The molecule has 5 aromatic rings. The Morgan fingerprint density at radius 1 is 0.809 bits per heavy atom. The quantitative estimate of drug-likeness (QED) is 0.192. The van der Waals surface area contributed by atoms with Crippen LogP contribution in [-0.4, -0.2) is 65.5 Å². The zero-order chi connectivity index (χ0) is 33.0. The first kappa shape index (κ1) is 31.6. The Labute approximate surface area is 274 Å². The van der Waals surface area contributed by atoms with Crippen LogP contribution in [0.5, 0.6) is 17.2 Å². The Hall–Kier alpha value is -5.35. The van der Waals surface area contributed by atoms with Gasteiger partial charge in [-0.1, -0.05) is 36.4 Å². The summed E-state index contributed by atoms with van der Waals surface area (Å²) in [5, 5.41) is 7.93. The number of ether oxygens (including phenoxy) is 3. The van der Waals surface area contributed by atoms with Crippen molar-refractivity contribution in [1.29, 1.82) is 0 Å². The van der Waals surface area contributed by atoms with Crippen LogP contribution in [-0.2, 0) is 11.3 Å². The maximum Gasteiger partial charge on any atom is 0.435 e. The molecule has 6 rings (SSSR count). The molecule has 47 heavy (non-hydrogen) atoms. The molecule has 0 spiro atoms. The van der Waals surface area contributed by atoms with Gasteiger partial charge in [-0.2, -0.15) is 4.68 Å². The number of hydrogen-bond acceptors (Lipinski definition) is 8. The largest absolute Gasteiger partial charge is 0.489 e. The second kappa shape index (κ2) is 13.6. The van der Waals surface area contributed by atoms with Gasteiger partial charge in [0.25, 0.3) is 5.91 Å². The topological polar surface area (TPSA) is 98.2 Å². The van der Waals surface area contributed by atoms with Crippen LogP contribution in [0, 0.1) is 0 Å². The Balaban J connectivity index is 1.22. The molecule has 1 fully saturated rings. The summed E-state index contributed by atoms with van der Waals surface area (Å²) in [6.45, 7) is 9.66. The molecule has 0 bridgehead atoms. The van der Waals surface area contributed by atoms with Crippen LogP contribution in [0.25, 0.3) is 10.9 Å². The molecule has 0 saturated carbocycles. The molecule has 0 unspecified atom stereocenters. The first-order valence-electron chi connectivity index (χ1n) is 15.7. The molecule has 242 valence electrons. The molecule has 1 N–H and O–H groups in total. The first-order valence-corrected chi connectivity index (χ1v) is 15.7. The van der Waals surface area contributed by atoms with Crippen molar-refractivity contribution in [3.8, 4) is 17.2 Å². The second-order valence-electron chi connectivity index (χ2n) is 12.6. The van der Waals surface area contributed by atoms with Crippen LogP contribution >= 0.6 is 0 Å². The van der Waals surface area contributed by atoms with E-state index >= 15 is 0 Å². The molecule has 2 heterocycles. The van der Waals surface area contributed by atoms with Gasteiger partial charge >= 0.3 is 6.09 Å². The lowest BCUT2D eigenvalue weighted by Gasteiger charge is -2.34. The van der Waals surface area contributed by atoms with Gasteiger partial charge in [0.2, 0.25) is 0 Å². The van der Waals surface area contributed by atoms with Crippen molar-refractivity contribution in [1.82, 2.24) is 14.7 Å². The number of hydrogen-bond donors (Lipinski definition) is 1. The monoisotopic (exact) mass is 633 g/mol. The maximum atomic E-state index is 13.3. The number of benzene rings is 4. The highest BCUT2D eigenvalue weighted by atomic mass is 16.6. The van der Waals surface area contributed by atoms with Crippen molar-refractivity contribution in [3.63, 3.8) is 0 Å². The zero-order valence-corrected chi connectivity index (χ0v) is 27.1. The molecular weight excluding hydrogens is 594 g/mol. The molecule has 1 saturated heterocycles. The zero-order valence-electron chi connectivity index (χ0n) is 27.1. The summed E-state index contributed by atoms with van der Waals surface area (Å²) in [6.07, 6.45) is -0.673. The number of carbonyl (C=O) groups excluding carboxylic acids is 2. The lowest BCUT2D eigenvalue weighted by atomic mass is 10.1. The normalized spacial score (nSPS) is 13.7. The summed E-state index contributed by atoms with van der Waals surface area (Å²) in [5.74, 6) is 1.60. The third kappa shape index (κ3) is 7.90. The number of rotatable bonds is 8. The molecular formula is C37H39N5O5. The second-order valence-corrected chi connectivity index (χ2v) is 12.6. The lowest BCUT2D eigenvalue weighted by Crippen LogP contribution is -2.44. The summed E-state index contributed by atoms with van der Waals surface area (Å²) in [5.41, 5.74) is 2.30. The van der Waals surface area contributed by atoms with E-state index in [1.54, 1.807) is 57.2 Å². The van der Waals surface area contributed by atoms with E-state index in [0.29, 0.717) is 40.3 Å². The highest BCUT2D eigenvalue weighted by Gasteiger charge is 2.24. The van der Waals surface area contributed by atoms with Gasteiger partial charge in [0.05, 0.1) is 5.52 Å². The van der Waals surface area contributed by atoms with E-state index in [1.165, 1.54) is 0 Å². The molecule has 1 aliphatic rings. The minimum atomic E-state index is -0.751. The number of aromatic nitrogens is 2. The van der Waals surface area contributed by atoms with Gasteiger partial charge in [0.1, 0.15) is 29.5 Å². The van der Waals surface area contributed by atoms with Crippen molar-refractivity contribution in [2.75, 3.05) is 43.4 Å². The van der Waals surface area contributed by atoms with E-state index < -0.39 is 11.7 Å². The number of carbonyl (C=O) groups is 2. The van der Waals surface area contributed by atoms with Gasteiger partial charge in [-0.05, 0) is 81.9 Å². The molecule has 4 aromatic carbocycles. The molecule has 0 radical (unpaired) electrons. The lowest BCUT2D eigenvalue weighted by molar-refractivity contribution is 0.0522. The van der Waals surface area contributed by atoms with Crippen molar-refractivity contribution in [2.24, 2.45) is 0 Å². The fourth-order valence-electron chi connectivity index (χ4n) is 5.27. The maximum absolute atomic E-state index is 13.3. The first-order chi connectivity index (χ1) is 22.6. The van der Waals surface area contributed by atoms with E-state index in [-0.39, 0.29) is 11.7 Å². The number of anilines is 2. The van der Waals surface area contributed by atoms with E-state index in [4.69, 9.17) is 14.2 Å². The highest BCUT2D eigenvalue weighted by Crippen LogP contribution is 2.32. The van der Waals surface area contributed by atoms with Gasteiger partial charge < -0.3 is 29.3 Å². The van der Waals surface area contributed by atoms with E-state index in [0.717, 1.165) is 42.1 Å². The third-order valence-corrected chi connectivity index (χ3v) is 7.74. The molecule has 10 heteroatoms. The van der Waals surface area contributed by atoms with Crippen LogP contribution in [0.1, 0.15) is 36.7 Å². The summed E-state index contributed by atoms with van der Waals surface area (Å²) < 4.78 is 18.9. The SMILES string of the molecule is CN1CCN(c2ccc(C(=O)Nc3nn(C(=O)OC(C)(C)C)c4cc(Oc5cccc(OCc6ccccc6)c5)ccc34)cc2)CC1. The third-order valence-electron chi connectivity index (χ3n) is 7.74. The van der Waals surface area contributed by atoms with E-state index in [9.17, 15) is 9.59 Å². The van der Waals surface area contributed by atoms with Crippen LogP contribution < -0.4 is 19.7 Å². The molecule has 10 nitrogen and oxygen atoms in total. The average Bonchev–Trinajstić information content (AvgIpc) is 3.41. The number of likely N-dealkylation sites (N-methyl/N-ethyl adjacent to an activating group) is 1. The number of amides is 1. The number of piperazine rings is 1. The molecule has 0 aliphatic carbocycles.